The third-order valence-corrected chi connectivity index (χ3v) is 3.18. The molecule has 0 aliphatic carbocycles. The number of para-hydroxylation sites is 1. The van der Waals surface area contributed by atoms with Crippen LogP contribution in [0, 0.1) is 0 Å². The molecular formula is C14H9BrN2. The van der Waals surface area contributed by atoms with Crippen molar-refractivity contribution in [2.24, 2.45) is 0 Å². The molecule has 0 radical (unpaired) electrons. The van der Waals surface area contributed by atoms with E-state index in [2.05, 4.69) is 44.1 Å². The van der Waals surface area contributed by atoms with Crippen molar-refractivity contribution in [3.05, 3.63) is 59.3 Å². The number of benzene rings is 2. The van der Waals surface area contributed by atoms with Gasteiger partial charge in [-0.25, -0.2) is 0 Å². The average Bonchev–Trinajstić information content (AvgIpc) is 2.39. The molecule has 0 amide bonds. The maximum Gasteiger partial charge on any atom is 0.0965 e. The molecule has 17 heavy (non-hydrogen) atoms. The summed E-state index contributed by atoms with van der Waals surface area (Å²) in [6, 6.07) is 14.3. The van der Waals surface area contributed by atoms with Gasteiger partial charge in [-0.1, -0.05) is 40.2 Å². The number of halogens is 1. The Labute approximate surface area is 107 Å². The minimum Gasteiger partial charge on any atom is -0.253 e. The number of rotatable bonds is 1. The molecule has 3 rings (SSSR count). The number of aromatic nitrogens is 2. The van der Waals surface area contributed by atoms with Gasteiger partial charge in [0, 0.05) is 22.4 Å². The van der Waals surface area contributed by atoms with E-state index in [1.165, 1.54) is 0 Å². The molecule has 0 N–H and O–H groups in total. The first-order chi connectivity index (χ1) is 8.34. The summed E-state index contributed by atoms with van der Waals surface area (Å²) in [4.78, 5) is 8.72. The number of nitrogens with zero attached hydrogens (tertiary/aromatic N) is 2. The summed E-state index contributed by atoms with van der Waals surface area (Å²) >= 11 is 3.44. The van der Waals surface area contributed by atoms with Crippen LogP contribution in [0.3, 0.4) is 0 Å². The van der Waals surface area contributed by atoms with E-state index in [9.17, 15) is 0 Å². The van der Waals surface area contributed by atoms with Crippen LogP contribution < -0.4 is 0 Å². The Balaban J connectivity index is 2.27. The first-order valence-electron chi connectivity index (χ1n) is 5.30. The van der Waals surface area contributed by atoms with Crippen molar-refractivity contribution < 1.29 is 0 Å². The smallest absolute Gasteiger partial charge is 0.0965 e. The Morgan fingerprint density at radius 1 is 0.824 bits per heavy atom. The summed E-state index contributed by atoms with van der Waals surface area (Å²) < 4.78 is 1.08. The maximum atomic E-state index is 4.41. The Kier molecular flexibility index (Phi) is 2.61. The van der Waals surface area contributed by atoms with Crippen molar-refractivity contribution in [1.82, 2.24) is 9.97 Å². The number of hydrogen-bond acceptors (Lipinski definition) is 2. The average molecular weight is 285 g/mol. The molecule has 0 fully saturated rings. The fraction of sp³-hybridized carbons (Fsp3) is 0. The molecule has 0 atom stereocenters. The summed E-state index contributed by atoms with van der Waals surface area (Å²) in [7, 11) is 0. The van der Waals surface area contributed by atoms with Crippen LogP contribution >= 0.6 is 15.9 Å². The quantitative estimate of drug-likeness (QED) is 0.673. The van der Waals surface area contributed by atoms with Gasteiger partial charge in [-0.3, -0.25) is 9.97 Å². The summed E-state index contributed by atoms with van der Waals surface area (Å²) in [5.74, 6) is 0. The van der Waals surface area contributed by atoms with E-state index in [-0.39, 0.29) is 0 Å². The van der Waals surface area contributed by atoms with Gasteiger partial charge in [0.15, 0.2) is 0 Å². The molecule has 2 nitrogen and oxygen atoms in total. The van der Waals surface area contributed by atoms with Crippen LogP contribution in [0.1, 0.15) is 0 Å². The predicted octanol–water partition coefficient (Wildman–Crippen LogP) is 4.06. The highest BCUT2D eigenvalue weighted by atomic mass is 79.9. The molecule has 0 spiro atoms. The third kappa shape index (κ3) is 1.94. The van der Waals surface area contributed by atoms with E-state index in [1.807, 2.05) is 24.3 Å². The van der Waals surface area contributed by atoms with Gasteiger partial charge in [-0.15, -0.1) is 0 Å². The second kappa shape index (κ2) is 4.26. The lowest BCUT2D eigenvalue weighted by atomic mass is 10.0. The van der Waals surface area contributed by atoms with Crippen molar-refractivity contribution in [2.75, 3.05) is 0 Å². The van der Waals surface area contributed by atoms with Crippen molar-refractivity contribution in [3.63, 3.8) is 0 Å². The van der Waals surface area contributed by atoms with Crippen molar-refractivity contribution in [2.45, 2.75) is 0 Å². The lowest BCUT2D eigenvalue weighted by Crippen LogP contribution is -1.86. The lowest BCUT2D eigenvalue weighted by molar-refractivity contribution is 1.29. The van der Waals surface area contributed by atoms with Crippen LogP contribution in [-0.2, 0) is 0 Å². The van der Waals surface area contributed by atoms with Crippen LogP contribution in [0.25, 0.3) is 22.2 Å². The highest BCUT2D eigenvalue weighted by molar-refractivity contribution is 9.10. The molecule has 3 aromatic rings. The highest BCUT2D eigenvalue weighted by Crippen LogP contribution is 2.26. The molecule has 0 aliphatic heterocycles. The van der Waals surface area contributed by atoms with Gasteiger partial charge < -0.3 is 0 Å². The van der Waals surface area contributed by atoms with Crippen LogP contribution in [0.15, 0.2) is 59.3 Å². The largest absolute Gasteiger partial charge is 0.253 e. The molecule has 0 aliphatic rings. The van der Waals surface area contributed by atoms with Crippen LogP contribution in [-0.4, -0.2) is 9.97 Å². The fourth-order valence-corrected chi connectivity index (χ4v) is 2.12. The van der Waals surface area contributed by atoms with E-state index in [1.54, 1.807) is 12.4 Å². The molecule has 0 saturated carbocycles. The first kappa shape index (κ1) is 10.4. The second-order valence-corrected chi connectivity index (χ2v) is 4.65. The Hall–Kier alpha value is -1.74. The standard InChI is InChI=1S/C14H9BrN2/c15-11-6-4-10(5-7-11)12-2-1-3-13-14(12)17-9-8-16-13/h1-9H. The predicted molar refractivity (Wildman–Crippen MR) is 72.7 cm³/mol. The van der Waals surface area contributed by atoms with Crippen LogP contribution in [0.2, 0.25) is 0 Å². The molecule has 3 heteroatoms. The van der Waals surface area contributed by atoms with Gasteiger partial charge >= 0.3 is 0 Å². The normalized spacial score (nSPS) is 10.6. The van der Waals surface area contributed by atoms with E-state index < -0.39 is 0 Å². The monoisotopic (exact) mass is 284 g/mol. The van der Waals surface area contributed by atoms with Gasteiger partial charge in [0.1, 0.15) is 0 Å². The molecule has 2 aromatic carbocycles. The fourth-order valence-electron chi connectivity index (χ4n) is 1.86. The zero-order chi connectivity index (χ0) is 11.7. The number of hydrogen-bond donors (Lipinski definition) is 0. The SMILES string of the molecule is Brc1ccc(-c2cccc3nccnc23)cc1. The van der Waals surface area contributed by atoms with Crippen LogP contribution in [0.4, 0.5) is 0 Å². The molecule has 0 bridgehead atoms. The third-order valence-electron chi connectivity index (χ3n) is 2.65. The van der Waals surface area contributed by atoms with Crippen molar-refractivity contribution in [1.29, 1.82) is 0 Å². The Morgan fingerprint density at radius 3 is 2.41 bits per heavy atom. The summed E-state index contributed by atoms with van der Waals surface area (Å²) in [6.07, 6.45) is 3.44. The zero-order valence-electron chi connectivity index (χ0n) is 8.97. The minimum absolute atomic E-state index is 0.924. The molecule has 1 aromatic heterocycles. The second-order valence-electron chi connectivity index (χ2n) is 3.74. The number of fused-ring (bicyclic) bond motifs is 1. The van der Waals surface area contributed by atoms with E-state index in [0.717, 1.165) is 26.6 Å². The van der Waals surface area contributed by atoms with Gasteiger partial charge in [0.05, 0.1) is 11.0 Å². The topological polar surface area (TPSA) is 25.8 Å². The highest BCUT2D eigenvalue weighted by Gasteiger charge is 2.04. The molecule has 1 heterocycles. The van der Waals surface area contributed by atoms with Gasteiger partial charge in [0.2, 0.25) is 0 Å². The van der Waals surface area contributed by atoms with E-state index in [0.29, 0.717) is 0 Å². The van der Waals surface area contributed by atoms with Crippen LogP contribution in [0.5, 0.6) is 0 Å². The summed E-state index contributed by atoms with van der Waals surface area (Å²) in [5, 5.41) is 0. The first-order valence-corrected chi connectivity index (χ1v) is 6.09. The summed E-state index contributed by atoms with van der Waals surface area (Å²) in [5.41, 5.74) is 4.13. The Bertz CT molecular complexity index is 657. The molecular weight excluding hydrogens is 276 g/mol. The van der Waals surface area contributed by atoms with E-state index >= 15 is 0 Å². The van der Waals surface area contributed by atoms with Crippen molar-refractivity contribution in [3.8, 4) is 11.1 Å². The van der Waals surface area contributed by atoms with E-state index in [4.69, 9.17) is 0 Å². The van der Waals surface area contributed by atoms with Gasteiger partial charge in [-0.05, 0) is 23.8 Å². The lowest BCUT2D eigenvalue weighted by Gasteiger charge is -2.05. The molecule has 0 unspecified atom stereocenters. The Morgan fingerprint density at radius 2 is 1.59 bits per heavy atom. The van der Waals surface area contributed by atoms with Gasteiger partial charge in [-0.2, -0.15) is 0 Å². The van der Waals surface area contributed by atoms with Crippen molar-refractivity contribution >= 4 is 27.0 Å². The maximum absolute atomic E-state index is 4.41. The zero-order valence-corrected chi connectivity index (χ0v) is 10.6. The minimum atomic E-state index is 0.924. The molecule has 82 valence electrons. The van der Waals surface area contributed by atoms with Gasteiger partial charge in [0.25, 0.3) is 0 Å². The summed E-state index contributed by atoms with van der Waals surface area (Å²) in [6.45, 7) is 0. The molecule has 0 saturated heterocycles.